The van der Waals surface area contributed by atoms with Gasteiger partial charge >= 0.3 is 0 Å². The lowest BCUT2D eigenvalue weighted by atomic mass is 9.81. The third-order valence-electron chi connectivity index (χ3n) is 4.18. The lowest BCUT2D eigenvalue weighted by molar-refractivity contribution is -0.128. The molecule has 0 saturated carbocycles. The van der Waals surface area contributed by atoms with Gasteiger partial charge in [0, 0.05) is 6.42 Å². The van der Waals surface area contributed by atoms with Crippen LogP contribution in [0.5, 0.6) is 0 Å². The maximum atomic E-state index is 9.96. The van der Waals surface area contributed by atoms with Crippen LogP contribution in [-0.4, -0.2) is 17.8 Å². The number of hydrogen-bond donors (Lipinski definition) is 1. The van der Waals surface area contributed by atoms with Gasteiger partial charge in [-0.25, -0.2) is 0 Å². The predicted molar refractivity (Wildman–Crippen MR) is 66.9 cm³/mol. The molecule has 2 aliphatic rings. The fraction of sp³-hybridized carbons (Fsp3) is 0.600. The van der Waals surface area contributed by atoms with Gasteiger partial charge in [0.05, 0.1) is 18.3 Å². The third-order valence-corrected chi connectivity index (χ3v) is 4.18. The number of aryl methyl sites for hydroxylation is 1. The normalized spacial score (nSPS) is 33.1. The summed E-state index contributed by atoms with van der Waals surface area (Å²) >= 11 is 0. The molecule has 2 atom stereocenters. The van der Waals surface area contributed by atoms with E-state index in [0.717, 1.165) is 25.7 Å². The second-order valence-corrected chi connectivity index (χ2v) is 5.35. The molecular weight excluding hydrogens is 212 g/mol. The topological polar surface area (TPSA) is 29.5 Å². The molecule has 17 heavy (non-hydrogen) atoms. The van der Waals surface area contributed by atoms with E-state index in [0.29, 0.717) is 6.61 Å². The van der Waals surface area contributed by atoms with Crippen LogP contribution in [0.1, 0.15) is 43.2 Å². The molecule has 1 fully saturated rings. The summed E-state index contributed by atoms with van der Waals surface area (Å²) < 4.78 is 6.12. The van der Waals surface area contributed by atoms with Crippen LogP contribution in [0.4, 0.5) is 0 Å². The Morgan fingerprint density at radius 3 is 3.00 bits per heavy atom. The van der Waals surface area contributed by atoms with E-state index >= 15 is 0 Å². The molecule has 0 bridgehead atoms. The Hall–Kier alpha value is -0.860. The molecule has 2 nitrogen and oxygen atoms in total. The molecule has 0 radical (unpaired) electrons. The molecular formula is C15H20O2. The van der Waals surface area contributed by atoms with Crippen molar-refractivity contribution >= 4 is 0 Å². The number of aliphatic hydroxyl groups excluding tert-OH is 1. The van der Waals surface area contributed by atoms with E-state index < -0.39 is 0 Å². The zero-order valence-corrected chi connectivity index (χ0v) is 10.2. The highest BCUT2D eigenvalue weighted by Crippen LogP contribution is 2.43. The Morgan fingerprint density at radius 2 is 2.12 bits per heavy atom. The Morgan fingerprint density at radius 1 is 1.24 bits per heavy atom. The molecule has 1 spiro atoms. The van der Waals surface area contributed by atoms with E-state index in [9.17, 15) is 5.11 Å². The minimum absolute atomic E-state index is 0.199. The lowest BCUT2D eigenvalue weighted by Gasteiger charge is -2.40. The molecule has 2 unspecified atom stereocenters. The molecule has 0 aromatic heterocycles. The molecule has 1 N–H and O–H groups in total. The lowest BCUT2D eigenvalue weighted by Crippen LogP contribution is -2.39. The van der Waals surface area contributed by atoms with E-state index in [4.69, 9.17) is 4.74 Å². The zero-order valence-electron chi connectivity index (χ0n) is 10.2. The Balaban J connectivity index is 2.03. The average molecular weight is 232 g/mol. The summed E-state index contributed by atoms with van der Waals surface area (Å²) in [5.74, 6) is 0. The highest BCUT2D eigenvalue weighted by molar-refractivity contribution is 5.34. The fourth-order valence-corrected chi connectivity index (χ4v) is 3.34. The highest BCUT2D eigenvalue weighted by atomic mass is 16.5. The number of hydrogen-bond acceptors (Lipinski definition) is 2. The first kappa shape index (κ1) is 11.2. The molecule has 1 aliphatic carbocycles. The summed E-state index contributed by atoms with van der Waals surface area (Å²) in [6, 6.07) is 8.61. The van der Waals surface area contributed by atoms with Crippen molar-refractivity contribution in [2.45, 2.75) is 50.2 Å². The van der Waals surface area contributed by atoms with Crippen LogP contribution in [-0.2, 0) is 16.8 Å². The van der Waals surface area contributed by atoms with Crippen LogP contribution >= 0.6 is 0 Å². The maximum absolute atomic E-state index is 9.96. The third kappa shape index (κ3) is 2.00. The number of ether oxygens (including phenoxy) is 1. The van der Waals surface area contributed by atoms with Crippen LogP contribution < -0.4 is 0 Å². The van der Waals surface area contributed by atoms with E-state index in [1.807, 2.05) is 0 Å². The van der Waals surface area contributed by atoms with Crippen molar-refractivity contribution in [1.29, 1.82) is 0 Å². The first-order valence-corrected chi connectivity index (χ1v) is 6.71. The van der Waals surface area contributed by atoms with Gasteiger partial charge in [-0.3, -0.25) is 0 Å². The minimum atomic E-state index is -0.204. The van der Waals surface area contributed by atoms with Gasteiger partial charge in [0.2, 0.25) is 0 Å². The van der Waals surface area contributed by atoms with E-state index in [-0.39, 0.29) is 11.7 Å². The van der Waals surface area contributed by atoms with Crippen molar-refractivity contribution in [3.8, 4) is 0 Å². The Labute approximate surface area is 103 Å². The van der Waals surface area contributed by atoms with Gasteiger partial charge < -0.3 is 9.84 Å². The van der Waals surface area contributed by atoms with Crippen molar-refractivity contribution in [1.82, 2.24) is 0 Å². The number of fused-ring (bicyclic) bond motifs is 2. The largest absolute Gasteiger partial charge is 0.393 e. The molecule has 92 valence electrons. The average Bonchev–Trinajstić information content (AvgIpc) is 2.51. The number of benzene rings is 1. The minimum Gasteiger partial charge on any atom is -0.393 e. The number of rotatable bonds is 0. The highest BCUT2D eigenvalue weighted by Gasteiger charge is 2.40. The van der Waals surface area contributed by atoms with E-state index in [1.165, 1.54) is 24.0 Å². The molecule has 1 aromatic rings. The zero-order chi connectivity index (χ0) is 11.7. The molecule has 1 aliphatic heterocycles. The van der Waals surface area contributed by atoms with Gasteiger partial charge in [0.1, 0.15) is 0 Å². The Bertz CT molecular complexity index is 402. The predicted octanol–water partition coefficient (Wildman–Crippen LogP) is 2.78. The van der Waals surface area contributed by atoms with Gasteiger partial charge in [-0.2, -0.15) is 0 Å². The van der Waals surface area contributed by atoms with Crippen molar-refractivity contribution in [3.05, 3.63) is 35.4 Å². The molecule has 2 heteroatoms. The van der Waals surface area contributed by atoms with Crippen molar-refractivity contribution in [2.24, 2.45) is 0 Å². The van der Waals surface area contributed by atoms with Crippen LogP contribution in [0.25, 0.3) is 0 Å². The van der Waals surface area contributed by atoms with Crippen molar-refractivity contribution < 1.29 is 9.84 Å². The first-order chi connectivity index (χ1) is 8.30. The summed E-state index contributed by atoms with van der Waals surface area (Å²) in [5.41, 5.74) is 2.54. The summed E-state index contributed by atoms with van der Waals surface area (Å²) in [6.45, 7) is 0.690. The van der Waals surface area contributed by atoms with Crippen molar-refractivity contribution in [2.75, 3.05) is 6.61 Å². The summed E-state index contributed by atoms with van der Waals surface area (Å²) in [6.07, 6.45) is 5.99. The SMILES string of the molecule is OC1CCOC2(CCCCc3ccccc32)C1. The van der Waals surface area contributed by atoms with Crippen LogP contribution in [0.3, 0.4) is 0 Å². The second kappa shape index (κ2) is 4.43. The van der Waals surface area contributed by atoms with Gasteiger partial charge in [-0.15, -0.1) is 0 Å². The molecule has 0 amide bonds. The maximum Gasteiger partial charge on any atom is 0.0958 e. The van der Waals surface area contributed by atoms with Crippen LogP contribution in [0.15, 0.2) is 24.3 Å². The van der Waals surface area contributed by atoms with Gasteiger partial charge in [-0.05, 0) is 43.2 Å². The summed E-state index contributed by atoms with van der Waals surface area (Å²) in [5, 5.41) is 9.96. The quantitative estimate of drug-likeness (QED) is 0.745. The standard InChI is InChI=1S/C15H20O2/c16-13-8-10-17-15(11-13)9-4-3-6-12-5-1-2-7-14(12)15/h1-2,5,7,13,16H,3-4,6,8-11H2. The molecule has 1 aromatic carbocycles. The van der Waals surface area contributed by atoms with E-state index in [1.54, 1.807) is 0 Å². The molecule has 3 rings (SSSR count). The van der Waals surface area contributed by atoms with Gasteiger partial charge in [0.15, 0.2) is 0 Å². The molecule has 1 heterocycles. The van der Waals surface area contributed by atoms with Gasteiger partial charge in [-0.1, -0.05) is 24.3 Å². The fourth-order valence-electron chi connectivity index (χ4n) is 3.34. The van der Waals surface area contributed by atoms with Crippen molar-refractivity contribution in [3.63, 3.8) is 0 Å². The summed E-state index contributed by atoms with van der Waals surface area (Å²) in [7, 11) is 0. The smallest absolute Gasteiger partial charge is 0.0958 e. The van der Waals surface area contributed by atoms with Crippen LogP contribution in [0, 0.1) is 0 Å². The van der Waals surface area contributed by atoms with E-state index in [2.05, 4.69) is 24.3 Å². The second-order valence-electron chi connectivity index (χ2n) is 5.35. The Kier molecular flexibility index (Phi) is 2.93. The van der Waals surface area contributed by atoms with Gasteiger partial charge in [0.25, 0.3) is 0 Å². The first-order valence-electron chi connectivity index (χ1n) is 6.71. The summed E-state index contributed by atoms with van der Waals surface area (Å²) in [4.78, 5) is 0. The number of aliphatic hydroxyl groups is 1. The van der Waals surface area contributed by atoms with Crippen LogP contribution in [0.2, 0.25) is 0 Å². The monoisotopic (exact) mass is 232 g/mol. The molecule has 1 saturated heterocycles.